The molecule has 10 nitrogen and oxygen atoms in total. The van der Waals surface area contributed by atoms with Gasteiger partial charge in [0.05, 0.1) is 51.9 Å². The van der Waals surface area contributed by atoms with Crippen molar-refractivity contribution < 1.29 is 33.1 Å². The van der Waals surface area contributed by atoms with Gasteiger partial charge in [-0.25, -0.2) is 0 Å². The second-order valence-electron chi connectivity index (χ2n) is 14.0. The number of rotatable bonds is 15. The Morgan fingerprint density at radius 1 is 0.800 bits per heavy atom. The largest absolute Gasteiger partial charge is 0.493 e. The summed E-state index contributed by atoms with van der Waals surface area (Å²) in [6, 6.07) is 7.35. The molecule has 2 fully saturated rings. The number of ether oxygens (including phenoxy) is 4. The summed E-state index contributed by atoms with van der Waals surface area (Å²) in [6.45, 7) is 12.2. The molecule has 11 heteroatoms. The smallest absolute Gasteiger partial charge is 0.257 e. The fraction of sp³-hybridized carbons (Fsp3) is 0.513. The van der Waals surface area contributed by atoms with Gasteiger partial charge in [0, 0.05) is 55.5 Å². The molecule has 0 aromatic heterocycles. The Balaban J connectivity index is 1.04. The molecule has 0 aliphatic carbocycles. The van der Waals surface area contributed by atoms with E-state index in [0.29, 0.717) is 97.4 Å². The van der Waals surface area contributed by atoms with E-state index in [1.54, 1.807) is 31.3 Å². The molecule has 2 saturated heterocycles. The lowest BCUT2D eigenvalue weighted by Crippen LogP contribution is -2.35. The van der Waals surface area contributed by atoms with Gasteiger partial charge in [0.1, 0.15) is 0 Å². The highest BCUT2D eigenvalue weighted by molar-refractivity contribution is 7.63. The van der Waals surface area contributed by atoms with E-state index in [1.165, 1.54) is 0 Å². The molecule has 2 aromatic rings. The van der Waals surface area contributed by atoms with Gasteiger partial charge in [-0.1, -0.05) is 37.6 Å². The number of carbonyl (C=O) groups is 2. The third-order valence-electron chi connectivity index (χ3n) is 10.3. The Morgan fingerprint density at radius 3 is 2.08 bits per heavy atom. The molecule has 2 amide bonds. The van der Waals surface area contributed by atoms with Crippen LogP contribution in [-0.4, -0.2) is 98.9 Å². The number of fused-ring (bicyclic) bond motifs is 4. The number of nitrogens with zero attached hydrogens (tertiary/aromatic N) is 3. The Hall–Kier alpha value is -4.04. The van der Waals surface area contributed by atoms with Crippen LogP contribution in [0.2, 0.25) is 0 Å². The number of hydrogen-bond donors (Lipinski definition) is 0. The predicted molar refractivity (Wildman–Crippen MR) is 197 cm³/mol. The van der Waals surface area contributed by atoms with Crippen LogP contribution in [0.5, 0.6) is 23.0 Å². The van der Waals surface area contributed by atoms with E-state index in [-0.39, 0.29) is 23.9 Å². The average Bonchev–Trinajstić information content (AvgIpc) is 3.62. The fourth-order valence-corrected chi connectivity index (χ4v) is 10.6. The first kappa shape index (κ1) is 35.8. The SMILES string of the molecule is C=C1C[C@H]2CCc3cc(OCCCP(=O)(CCCC)CCCOc4cc5c(cc4OC)C(=O)N4CC(=C)C[C@H]4C=N5)c(OC)cc3C(=O)N2C1. The highest BCUT2D eigenvalue weighted by atomic mass is 31.2. The number of aliphatic imine (C=N–C) groups is 1. The maximum Gasteiger partial charge on any atom is 0.257 e. The topological polar surface area (TPSA) is 107 Å². The highest BCUT2D eigenvalue weighted by Gasteiger charge is 2.36. The first-order valence-electron chi connectivity index (χ1n) is 17.9. The van der Waals surface area contributed by atoms with Gasteiger partial charge in [0.15, 0.2) is 23.0 Å². The summed E-state index contributed by atoms with van der Waals surface area (Å²) in [5, 5.41) is 0. The minimum Gasteiger partial charge on any atom is -0.493 e. The number of benzene rings is 2. The van der Waals surface area contributed by atoms with Crippen LogP contribution in [0.4, 0.5) is 5.69 Å². The number of amides is 2. The zero-order chi connectivity index (χ0) is 35.4. The van der Waals surface area contributed by atoms with Crippen LogP contribution in [0.3, 0.4) is 0 Å². The molecule has 2 aromatic carbocycles. The molecule has 0 radical (unpaired) electrons. The van der Waals surface area contributed by atoms with Crippen LogP contribution < -0.4 is 18.9 Å². The third-order valence-corrected chi connectivity index (χ3v) is 13.7. The second-order valence-corrected chi connectivity index (χ2v) is 17.4. The molecular weight excluding hydrogens is 653 g/mol. The predicted octanol–water partition coefficient (Wildman–Crippen LogP) is 7.31. The number of carbonyl (C=O) groups excluding carboxylic acids is 2. The van der Waals surface area contributed by atoms with Crippen molar-refractivity contribution in [3.63, 3.8) is 0 Å². The molecular formula is C39H50N3O7P. The van der Waals surface area contributed by atoms with Crippen LogP contribution in [0.15, 0.2) is 53.6 Å². The molecule has 4 heterocycles. The molecule has 50 heavy (non-hydrogen) atoms. The van der Waals surface area contributed by atoms with Gasteiger partial charge in [0.25, 0.3) is 11.8 Å². The van der Waals surface area contributed by atoms with Crippen LogP contribution in [-0.2, 0) is 11.0 Å². The van der Waals surface area contributed by atoms with Gasteiger partial charge in [-0.05, 0) is 68.7 Å². The summed E-state index contributed by atoms with van der Waals surface area (Å²) in [7, 11) is 0.671. The minimum absolute atomic E-state index is 0.0307. The first-order valence-corrected chi connectivity index (χ1v) is 20.1. The Labute approximate surface area is 295 Å². The monoisotopic (exact) mass is 703 g/mol. The van der Waals surface area contributed by atoms with Gasteiger partial charge in [0.2, 0.25) is 0 Å². The summed E-state index contributed by atoms with van der Waals surface area (Å²) in [5.74, 6) is 2.09. The zero-order valence-electron chi connectivity index (χ0n) is 29.7. The van der Waals surface area contributed by atoms with Gasteiger partial charge in [-0.15, -0.1) is 0 Å². The third kappa shape index (κ3) is 7.65. The molecule has 4 aliphatic rings. The maximum atomic E-state index is 14.1. The van der Waals surface area contributed by atoms with Crippen LogP contribution in [0, 0.1) is 0 Å². The lowest BCUT2D eigenvalue weighted by molar-refractivity contribution is 0.0740. The van der Waals surface area contributed by atoms with Crippen molar-refractivity contribution in [2.75, 3.05) is 59.0 Å². The van der Waals surface area contributed by atoms with Crippen molar-refractivity contribution in [3.05, 3.63) is 65.3 Å². The van der Waals surface area contributed by atoms with Crippen molar-refractivity contribution in [1.29, 1.82) is 0 Å². The molecule has 4 aliphatic heterocycles. The van der Waals surface area contributed by atoms with E-state index in [4.69, 9.17) is 18.9 Å². The molecule has 1 unspecified atom stereocenters. The number of methoxy groups -OCH3 is 2. The molecule has 3 atom stereocenters. The molecule has 6 rings (SSSR count). The average molecular weight is 704 g/mol. The quantitative estimate of drug-likeness (QED) is 0.109. The number of hydrogen-bond acceptors (Lipinski definition) is 8. The summed E-state index contributed by atoms with van der Waals surface area (Å²) in [6.07, 6.45) is 10.1. The standard InChI is InChI=1S/C39H50N3O7P/c1-6-7-14-50(45,15-8-12-48-36-19-28-10-11-29-17-26(2)24-41(29)38(43)31(28)20-34(36)46-4)16-9-13-49-37-22-33-32(21-35(37)47-5)39(44)42-25-27(3)18-30(42)23-40-33/h19-23,29-30H,2-3,6-18,24-25H2,1,4-5H3/t29-,30+,50?/m1/s1. The van der Waals surface area contributed by atoms with E-state index in [0.717, 1.165) is 55.2 Å². The lowest BCUT2D eigenvalue weighted by Gasteiger charge is -2.22. The van der Waals surface area contributed by atoms with E-state index in [2.05, 4.69) is 25.1 Å². The van der Waals surface area contributed by atoms with Gasteiger partial charge in [-0.2, -0.15) is 0 Å². The van der Waals surface area contributed by atoms with Crippen molar-refractivity contribution in [1.82, 2.24) is 9.80 Å². The van der Waals surface area contributed by atoms with Crippen LogP contribution >= 0.6 is 7.14 Å². The van der Waals surface area contributed by atoms with Crippen molar-refractivity contribution in [3.8, 4) is 23.0 Å². The Bertz CT molecular complexity index is 1740. The Morgan fingerprint density at radius 2 is 1.40 bits per heavy atom. The van der Waals surface area contributed by atoms with Crippen LogP contribution in [0.25, 0.3) is 0 Å². The normalized spacial score (nSPS) is 20.8. The summed E-state index contributed by atoms with van der Waals surface area (Å²) < 4.78 is 37.7. The van der Waals surface area contributed by atoms with Gasteiger partial charge < -0.3 is 33.3 Å². The molecule has 0 saturated carbocycles. The highest BCUT2D eigenvalue weighted by Crippen LogP contribution is 2.48. The first-order chi connectivity index (χ1) is 24.1. The minimum atomic E-state index is -2.47. The fourth-order valence-electron chi connectivity index (χ4n) is 7.59. The zero-order valence-corrected chi connectivity index (χ0v) is 30.6. The van der Waals surface area contributed by atoms with Gasteiger partial charge in [-0.3, -0.25) is 14.6 Å². The number of aryl methyl sites for hydroxylation is 1. The van der Waals surface area contributed by atoms with E-state index in [1.807, 2.05) is 23.2 Å². The second kappa shape index (κ2) is 15.5. The molecule has 0 N–H and O–H groups in total. The lowest BCUT2D eigenvalue weighted by atomic mass is 10.00. The maximum absolute atomic E-state index is 14.1. The summed E-state index contributed by atoms with van der Waals surface area (Å²) >= 11 is 0. The Kier molecular flexibility index (Phi) is 11.1. The van der Waals surface area contributed by atoms with E-state index >= 15 is 0 Å². The number of unbranched alkanes of at least 4 members (excludes halogenated alkanes) is 1. The summed E-state index contributed by atoms with van der Waals surface area (Å²) in [5.41, 5.74) is 4.83. The van der Waals surface area contributed by atoms with Crippen molar-refractivity contribution in [2.24, 2.45) is 4.99 Å². The van der Waals surface area contributed by atoms with E-state index in [9.17, 15) is 14.2 Å². The van der Waals surface area contributed by atoms with Gasteiger partial charge >= 0.3 is 0 Å². The van der Waals surface area contributed by atoms with Crippen LogP contribution in [0.1, 0.15) is 78.1 Å². The molecule has 0 spiro atoms. The van der Waals surface area contributed by atoms with E-state index < -0.39 is 7.14 Å². The van der Waals surface area contributed by atoms with Crippen molar-refractivity contribution in [2.45, 2.75) is 70.4 Å². The van der Waals surface area contributed by atoms with Crippen molar-refractivity contribution >= 4 is 30.9 Å². The molecule has 0 bridgehead atoms. The molecule has 268 valence electrons. The summed E-state index contributed by atoms with van der Waals surface area (Å²) in [4.78, 5) is 35.0.